The van der Waals surface area contributed by atoms with Crippen molar-refractivity contribution >= 4 is 27.7 Å². The first-order chi connectivity index (χ1) is 16.2. The molecule has 0 aliphatic heterocycles. The van der Waals surface area contributed by atoms with Gasteiger partial charge in [0.15, 0.2) is 0 Å². The smallest absolute Gasteiger partial charge is 0.234 e. The topological polar surface area (TPSA) is 51.0 Å². The number of rotatable bonds is 6. The quantitative estimate of drug-likeness (QED) is 0.465. The molecule has 34 heavy (non-hydrogen) atoms. The van der Waals surface area contributed by atoms with E-state index >= 15 is 0 Å². The number of carbonyl (C=O) groups excluding carboxylic acids is 1. The molecule has 0 atom stereocenters. The summed E-state index contributed by atoms with van der Waals surface area (Å²) in [7, 11) is 2.12. The lowest BCUT2D eigenvalue weighted by Crippen LogP contribution is -2.71. The van der Waals surface area contributed by atoms with Crippen molar-refractivity contribution in [2.45, 2.75) is 87.6 Å². The fourth-order valence-electron chi connectivity index (χ4n) is 7.76. The zero-order valence-corrected chi connectivity index (χ0v) is 21.4. The van der Waals surface area contributed by atoms with Gasteiger partial charge in [-0.1, -0.05) is 15.9 Å². The zero-order chi connectivity index (χ0) is 23.3. The molecule has 0 spiro atoms. The largest absolute Gasteiger partial charge is 0.296 e. The predicted molar refractivity (Wildman–Crippen MR) is 131 cm³/mol. The molecule has 7 aliphatic rings. The van der Waals surface area contributed by atoms with Gasteiger partial charge in [0.25, 0.3) is 0 Å². The first kappa shape index (κ1) is 21.5. The Morgan fingerprint density at radius 1 is 1.15 bits per heavy atom. The number of aromatic nitrogens is 3. The van der Waals surface area contributed by atoms with E-state index in [1.807, 2.05) is 17.0 Å². The van der Waals surface area contributed by atoms with E-state index in [2.05, 4.69) is 38.7 Å². The second-order valence-electron chi connectivity index (χ2n) is 12.3. The highest BCUT2D eigenvalue weighted by atomic mass is 79.9. The molecule has 0 unspecified atom stereocenters. The molecule has 7 heteroatoms. The number of hydrogen-bond acceptors (Lipinski definition) is 3. The molecular weight excluding hydrogens is 495 g/mol. The summed E-state index contributed by atoms with van der Waals surface area (Å²) in [4.78, 5) is 20.3. The molecule has 1 amide bonds. The average Bonchev–Trinajstić information content (AvgIpc) is 3.57. The van der Waals surface area contributed by atoms with E-state index in [0.717, 1.165) is 43.0 Å². The van der Waals surface area contributed by atoms with Gasteiger partial charge in [0.05, 0.1) is 11.1 Å². The molecule has 2 aromatic rings. The molecule has 0 radical (unpaired) electrons. The number of alkyl halides is 1. The second-order valence-corrected chi connectivity index (χ2v) is 13.2. The van der Waals surface area contributed by atoms with Crippen LogP contribution in [0, 0.1) is 10.8 Å². The molecular formula is C27H32BrFN4O. The van der Waals surface area contributed by atoms with Gasteiger partial charge in [0, 0.05) is 41.3 Å². The first-order valence-electron chi connectivity index (χ1n) is 12.9. The molecule has 7 fully saturated rings. The van der Waals surface area contributed by atoms with Crippen molar-refractivity contribution in [3.8, 4) is 0 Å². The number of pyridine rings is 1. The number of aryl methyl sites for hydroxylation is 1. The molecule has 9 rings (SSSR count). The molecule has 7 aliphatic carbocycles. The Labute approximate surface area is 208 Å². The van der Waals surface area contributed by atoms with Crippen molar-refractivity contribution in [1.82, 2.24) is 14.8 Å². The summed E-state index contributed by atoms with van der Waals surface area (Å²) in [5.41, 5.74) is 1.49. The van der Waals surface area contributed by atoms with E-state index in [0.29, 0.717) is 37.5 Å². The Balaban J connectivity index is 1.14. The van der Waals surface area contributed by atoms with Crippen LogP contribution in [0.3, 0.4) is 0 Å². The number of carbonyl (C=O) groups is 1. The monoisotopic (exact) mass is 526 g/mol. The summed E-state index contributed by atoms with van der Waals surface area (Å²) in [5, 5.41) is 4.87. The van der Waals surface area contributed by atoms with Crippen molar-refractivity contribution in [2.24, 2.45) is 17.9 Å². The molecule has 2 aromatic heterocycles. The summed E-state index contributed by atoms with van der Waals surface area (Å²) in [6.45, 7) is 0.700. The minimum Gasteiger partial charge on any atom is -0.296 e. The van der Waals surface area contributed by atoms with E-state index in [9.17, 15) is 9.18 Å². The average molecular weight is 527 g/mol. The van der Waals surface area contributed by atoms with Gasteiger partial charge in [-0.2, -0.15) is 5.10 Å². The van der Waals surface area contributed by atoms with E-state index in [-0.39, 0.29) is 16.7 Å². The van der Waals surface area contributed by atoms with Gasteiger partial charge < -0.3 is 0 Å². The van der Waals surface area contributed by atoms with E-state index in [1.165, 1.54) is 24.2 Å². The van der Waals surface area contributed by atoms with E-state index in [1.54, 1.807) is 6.20 Å². The van der Waals surface area contributed by atoms with Gasteiger partial charge in [0.2, 0.25) is 5.91 Å². The lowest BCUT2D eigenvalue weighted by Gasteiger charge is -2.65. The fraction of sp³-hybridized carbons (Fsp3) is 0.667. The van der Waals surface area contributed by atoms with Gasteiger partial charge in [-0.25, -0.2) is 9.37 Å². The molecule has 0 N–H and O–H groups in total. The third-order valence-corrected chi connectivity index (χ3v) is 10.5. The molecule has 180 valence electrons. The molecule has 0 saturated heterocycles. The fourth-order valence-corrected chi connectivity index (χ4v) is 8.08. The van der Waals surface area contributed by atoms with Crippen LogP contribution in [0.5, 0.6) is 0 Å². The van der Waals surface area contributed by atoms with Crippen LogP contribution >= 0.6 is 15.9 Å². The first-order valence-corrected chi connectivity index (χ1v) is 13.7. The Morgan fingerprint density at radius 3 is 2.41 bits per heavy atom. The normalized spacial score (nSPS) is 37.7. The summed E-state index contributed by atoms with van der Waals surface area (Å²) in [6.07, 6.45) is 12.3. The summed E-state index contributed by atoms with van der Waals surface area (Å²) >= 11 is 3.55. The van der Waals surface area contributed by atoms with Gasteiger partial charge in [-0.05, 0) is 94.2 Å². The van der Waals surface area contributed by atoms with Gasteiger partial charge in [-0.15, -0.1) is 0 Å². The number of fused-ring (bicyclic) bond motifs is 3. The van der Waals surface area contributed by atoms with Crippen LogP contribution in [0.1, 0.15) is 87.9 Å². The Hall–Kier alpha value is -1.76. The number of halogens is 2. The third-order valence-electron chi connectivity index (χ3n) is 9.98. The van der Waals surface area contributed by atoms with Crippen molar-refractivity contribution in [3.05, 3.63) is 40.3 Å². The maximum absolute atomic E-state index is 14.3. The Bertz CT molecular complexity index is 1140. The number of nitrogens with zero attached hydrogens (tertiary/aromatic N) is 4. The van der Waals surface area contributed by atoms with Crippen LogP contribution in [-0.2, 0) is 17.3 Å². The van der Waals surface area contributed by atoms with Crippen LogP contribution in [0.25, 0.3) is 0 Å². The maximum atomic E-state index is 14.3. The number of anilines is 1. The second kappa shape index (κ2) is 6.92. The summed E-state index contributed by atoms with van der Waals surface area (Å²) in [6, 6.07) is 6.23. The van der Waals surface area contributed by atoms with Gasteiger partial charge in [-0.3, -0.25) is 14.4 Å². The highest BCUT2D eigenvalue weighted by Crippen LogP contribution is 2.70. The van der Waals surface area contributed by atoms with Crippen LogP contribution in [-0.4, -0.2) is 32.9 Å². The molecule has 5 nitrogen and oxygen atoms in total. The molecule has 0 aromatic carbocycles. The summed E-state index contributed by atoms with van der Waals surface area (Å²) in [5.74, 6) is 1.48. The standard InChI is InChI=1S/C27H32BrFN4O/c1-32-21(13-20(31-32)18-2-3-18)25-8-5-24(6-9-25,7-10-25)17-33(22-12-19(28)4-11-30-22)23(34)26-14-27(29,15-26)16-26/h4,11-13,18H,2-3,5-10,14-17H2,1H3. The lowest BCUT2D eigenvalue weighted by atomic mass is 9.41. The lowest BCUT2D eigenvalue weighted by molar-refractivity contribution is -0.211. The van der Waals surface area contributed by atoms with E-state index < -0.39 is 11.1 Å². The Kier molecular flexibility index (Phi) is 4.38. The maximum Gasteiger partial charge on any atom is 0.234 e. The van der Waals surface area contributed by atoms with Crippen molar-refractivity contribution < 1.29 is 9.18 Å². The zero-order valence-electron chi connectivity index (χ0n) is 19.8. The van der Waals surface area contributed by atoms with Crippen LogP contribution < -0.4 is 4.90 Å². The highest BCUT2D eigenvalue weighted by molar-refractivity contribution is 9.10. The molecule has 4 bridgehead atoms. The van der Waals surface area contributed by atoms with Crippen LogP contribution in [0.15, 0.2) is 28.9 Å². The SMILES string of the molecule is Cn1nc(C2CC2)cc1C12CCC(CN(C(=O)C34CC(F)(C3)C4)c3cc(Br)ccn3)(CC1)CC2. The third kappa shape index (κ3) is 3.11. The van der Waals surface area contributed by atoms with Crippen molar-refractivity contribution in [3.63, 3.8) is 0 Å². The van der Waals surface area contributed by atoms with Gasteiger partial charge >= 0.3 is 0 Å². The van der Waals surface area contributed by atoms with Crippen LogP contribution in [0.4, 0.5) is 10.2 Å². The summed E-state index contributed by atoms with van der Waals surface area (Å²) < 4.78 is 17.4. The number of hydrogen-bond donors (Lipinski definition) is 0. The Morgan fingerprint density at radius 2 is 1.82 bits per heavy atom. The predicted octanol–water partition coefficient (Wildman–Crippen LogP) is 5.97. The molecule has 2 heterocycles. The van der Waals surface area contributed by atoms with E-state index in [4.69, 9.17) is 5.10 Å². The number of amides is 1. The van der Waals surface area contributed by atoms with Crippen LogP contribution in [0.2, 0.25) is 0 Å². The highest BCUT2D eigenvalue weighted by Gasteiger charge is 2.73. The van der Waals surface area contributed by atoms with Crippen molar-refractivity contribution in [1.29, 1.82) is 0 Å². The minimum atomic E-state index is -1.08. The van der Waals surface area contributed by atoms with Crippen molar-refractivity contribution in [2.75, 3.05) is 11.4 Å². The minimum absolute atomic E-state index is 0.0927. The molecule has 7 saturated carbocycles. The van der Waals surface area contributed by atoms with Gasteiger partial charge in [0.1, 0.15) is 11.5 Å².